The van der Waals surface area contributed by atoms with Crippen LogP contribution in [0.25, 0.3) is 302 Å². The third-order valence-electron chi connectivity index (χ3n) is 23.5. The summed E-state index contributed by atoms with van der Waals surface area (Å²) in [6.07, 6.45) is 0. The molecule has 3 aliphatic carbocycles. The van der Waals surface area contributed by atoms with E-state index in [0.717, 1.165) is 0 Å². The molecule has 32 rings (SSSR count). The van der Waals surface area contributed by atoms with Gasteiger partial charge in [-0.2, -0.15) is 0 Å². The van der Waals surface area contributed by atoms with Gasteiger partial charge in [-0.3, -0.25) is 0 Å². The molecule has 0 aromatic heterocycles. The van der Waals surface area contributed by atoms with Gasteiger partial charge in [0.15, 0.2) is 0 Å². The van der Waals surface area contributed by atoms with Crippen LogP contribution in [0.3, 0.4) is 0 Å². The van der Waals surface area contributed by atoms with Gasteiger partial charge in [-0.1, -0.05) is 52.7 Å². The Morgan fingerprint density at radius 3 is 0.582 bits per heavy atom. The van der Waals surface area contributed by atoms with Gasteiger partial charge in [0, 0.05) is 0 Å². The first-order chi connectivity index (χ1) is 32.6. The predicted molar refractivity (Wildman–Crippen MR) is 288 cm³/mol. The van der Waals surface area contributed by atoms with Crippen molar-refractivity contribution in [1.29, 1.82) is 0 Å². The van der Waals surface area contributed by atoms with E-state index in [4.69, 9.17) is 0 Å². The molecule has 0 saturated carbocycles. The van der Waals surface area contributed by atoms with E-state index in [2.05, 4.69) is 31.1 Å². The minimum atomic E-state index is -1.87. The van der Waals surface area contributed by atoms with Crippen molar-refractivity contribution in [2.75, 3.05) is 0 Å². The van der Waals surface area contributed by atoms with E-state index in [9.17, 15) is 0 Å². The minimum absolute atomic E-state index is 0. The zero-order chi connectivity index (χ0) is 39.5. The molecule has 3 aliphatic rings. The summed E-state index contributed by atoms with van der Waals surface area (Å²) < 4.78 is 0. The van der Waals surface area contributed by atoms with Crippen molar-refractivity contribution < 1.29 is 18.9 Å². The summed E-state index contributed by atoms with van der Waals surface area (Å²) in [5.41, 5.74) is 8.71. The summed E-state index contributed by atoms with van der Waals surface area (Å²) in [6.45, 7) is 7.52. The molecule has 0 saturated heterocycles. The Morgan fingerprint density at radius 2 is 0.388 bits per heavy atom. The van der Waals surface area contributed by atoms with E-state index >= 15 is 0 Å². The van der Waals surface area contributed by atoms with Crippen molar-refractivity contribution in [2.24, 2.45) is 0 Å². The maximum absolute atomic E-state index is 4.61. The van der Waals surface area contributed by atoms with E-state index in [1.807, 2.05) is 0 Å². The maximum Gasteiger partial charge on any atom is 1.00 e. The van der Waals surface area contributed by atoms with Crippen LogP contribution >= 0.6 is 0 Å². The monoisotopic (exact) mass is 824 g/mol. The first kappa shape index (κ1) is 26.1. The molecule has 0 heterocycles. The minimum Gasteiger partial charge on any atom is -0.131 e. The molecule has 0 radical (unpaired) electrons. The van der Waals surface area contributed by atoms with Crippen LogP contribution in [0, 0.1) is 11.5 Å². The Balaban J connectivity index is 0.00000297. The Morgan fingerprint density at radius 1 is 0.239 bits per heavy atom. The normalized spacial score (nSPS) is 18.3. The molecule has 274 valence electrons. The SMILES string of the molecule is C[Si](C)(C)C#CC12c3c4c5c1c1c6c7c5c5c8c4c4c9c3c3c%10c9c9c%11c4c8c4c8c5c7c5c7c6c6c%12c%13c7c7c5c8c5c4c%11c4c9c8c9c%11c4c5c7c%11c%13c4c9c(c8%10)c5c(c4%12)c(c16)[c-]2c35.[Li+]. The van der Waals surface area contributed by atoms with Crippen molar-refractivity contribution in [1.82, 2.24) is 0 Å². The molecule has 0 atom stereocenters. The van der Waals surface area contributed by atoms with Crippen LogP contribution in [0.5, 0.6) is 0 Å². The Bertz CT molecular complexity index is 6700. The quantitative estimate of drug-likeness (QED) is 0.0618. The van der Waals surface area contributed by atoms with Gasteiger partial charge in [-0.25, -0.2) is 0 Å². The molecule has 67 heavy (non-hydrogen) atoms. The smallest absolute Gasteiger partial charge is 0.131 e. The summed E-state index contributed by atoms with van der Waals surface area (Å²) in [6, 6.07) is 0. The molecule has 29 aromatic carbocycles. The molecule has 0 nitrogen and oxygen atoms in total. The van der Waals surface area contributed by atoms with Crippen molar-refractivity contribution in [3.63, 3.8) is 0 Å². The summed E-state index contributed by atoms with van der Waals surface area (Å²) in [7, 11) is -1.87. The van der Waals surface area contributed by atoms with Gasteiger partial charge >= 0.3 is 18.9 Å². The van der Waals surface area contributed by atoms with Crippen molar-refractivity contribution in [3.05, 3.63) is 16.7 Å². The van der Waals surface area contributed by atoms with Gasteiger partial charge in [0.1, 0.15) is 8.07 Å². The fourth-order valence-electron chi connectivity index (χ4n) is 23.3. The predicted octanol–water partition coefficient (Wildman–Crippen LogP) is 15.2. The van der Waals surface area contributed by atoms with E-state index in [1.54, 1.807) is 318 Å². The summed E-state index contributed by atoms with van der Waals surface area (Å²) in [4.78, 5) is 0. The molecule has 0 bridgehead atoms. The van der Waals surface area contributed by atoms with Gasteiger partial charge in [0.05, 0.1) is 5.41 Å². The van der Waals surface area contributed by atoms with Crippen LogP contribution in [-0.2, 0) is 5.41 Å². The molecule has 0 amide bonds. The first-order valence-electron chi connectivity index (χ1n) is 24.8. The second kappa shape index (κ2) is 5.79. The molecule has 0 spiro atoms. The topological polar surface area (TPSA) is 0 Å². The standard InChI is InChI=1S/C65H9Si.Li/c1-66(2,3)5-4-65-62-58-52-38-30-22-10-7-6-8-11(10)23-25-21-15(8)17-13-9(6)12-16-14(7)20-24(22)36(38)44-42-28(20)26(16)34-32-18(12)19(13)33-35-27(17)29(21)43-45-37(25)39(31(23)30)53(52)59(62)55(45)57-49(43)47(35)51-41(33)40(32)50-46(34)48(42)56(54(44)58)63(65)60(50)61(51)64(57)65;/h1-3H3;/q-1;+1. The Labute approximate surface area is 379 Å². The van der Waals surface area contributed by atoms with Gasteiger partial charge in [0.2, 0.25) is 0 Å². The summed E-state index contributed by atoms with van der Waals surface area (Å²) in [5, 5.41) is 92.3. The van der Waals surface area contributed by atoms with E-state index in [-0.39, 0.29) is 18.9 Å². The number of hydrogen-bond acceptors (Lipinski definition) is 0. The summed E-state index contributed by atoms with van der Waals surface area (Å²) >= 11 is 0. The third-order valence-corrected chi connectivity index (χ3v) is 24.4. The second-order valence-corrected chi connectivity index (χ2v) is 30.1. The fraction of sp³-hybridized carbons (Fsp3) is 0.0615. The third kappa shape index (κ3) is 1.41. The Kier molecular flexibility index (Phi) is 2.26. The molecule has 0 N–H and O–H groups in total. The number of hydrogen-bond donors (Lipinski definition) is 0. The van der Waals surface area contributed by atoms with Crippen LogP contribution in [0.2, 0.25) is 19.6 Å². The van der Waals surface area contributed by atoms with Crippen LogP contribution in [0.15, 0.2) is 0 Å². The number of rotatable bonds is 0. The molecule has 0 fully saturated rings. The molecule has 29 aromatic rings. The van der Waals surface area contributed by atoms with Crippen LogP contribution in [0.1, 0.15) is 16.7 Å². The van der Waals surface area contributed by atoms with E-state index in [0.29, 0.717) is 0 Å². The number of benzene rings is 18. The van der Waals surface area contributed by atoms with Gasteiger partial charge in [-0.05, 0) is 280 Å². The molecule has 2 heteroatoms. The zero-order valence-electron chi connectivity index (χ0n) is 35.5. The van der Waals surface area contributed by atoms with Crippen LogP contribution in [-0.4, -0.2) is 8.07 Å². The molecule has 0 unspecified atom stereocenters. The average Bonchev–Trinajstić information content (AvgIpc) is 4.15. The maximum atomic E-state index is 4.61. The van der Waals surface area contributed by atoms with Crippen LogP contribution in [0.4, 0.5) is 0 Å². The van der Waals surface area contributed by atoms with E-state index in [1.165, 1.54) is 0 Å². The molecule has 0 aliphatic heterocycles. The summed E-state index contributed by atoms with van der Waals surface area (Å²) in [5.74, 6) is 4.61. The second-order valence-electron chi connectivity index (χ2n) is 25.4. The largest absolute Gasteiger partial charge is 1.00 e. The van der Waals surface area contributed by atoms with Crippen LogP contribution < -0.4 is 18.9 Å². The first-order valence-corrected chi connectivity index (χ1v) is 28.2. The fourth-order valence-corrected chi connectivity index (χ4v) is 23.9. The van der Waals surface area contributed by atoms with E-state index < -0.39 is 13.5 Å². The van der Waals surface area contributed by atoms with Crippen molar-refractivity contribution >= 4 is 310 Å². The molecular weight excluding hydrogens is 816 g/mol. The van der Waals surface area contributed by atoms with Gasteiger partial charge in [-0.15, -0.1) is 16.3 Å². The average molecular weight is 825 g/mol. The van der Waals surface area contributed by atoms with Crippen molar-refractivity contribution in [2.45, 2.75) is 25.1 Å². The van der Waals surface area contributed by atoms with Gasteiger partial charge < -0.3 is 0 Å². The Hall–Kier alpha value is -7.30. The zero-order valence-corrected chi connectivity index (χ0v) is 36.5. The van der Waals surface area contributed by atoms with Crippen molar-refractivity contribution in [3.8, 4) is 11.5 Å². The van der Waals surface area contributed by atoms with Gasteiger partial charge in [0.25, 0.3) is 0 Å². The molecular formula is C65H9LiSi.